The molecule has 1 heterocycles. The van der Waals surface area contributed by atoms with Crippen molar-refractivity contribution in [3.8, 4) is 17.2 Å². The average molecular weight is 460 g/mol. The summed E-state index contributed by atoms with van der Waals surface area (Å²) in [7, 11) is 3.30. The standard InChI is InChI=1S/C21H26N2O4.C2H2O4/c1-25-18-6-8-19(9-7-18)27-16-21(24)23-12-10-22(11-13-23)15-17-4-3-5-20(14-17)26-2;3-1(4)2(5)6/h3-9,14H,10-13,15-16H2,1-2H3;(H,3,4)(H,5,6). The third-order valence-corrected chi connectivity index (χ3v) is 4.87. The van der Waals surface area contributed by atoms with Crippen LogP contribution in [0.2, 0.25) is 0 Å². The van der Waals surface area contributed by atoms with Crippen molar-refractivity contribution in [3.05, 3.63) is 54.1 Å². The van der Waals surface area contributed by atoms with Gasteiger partial charge in [0.05, 0.1) is 14.2 Å². The van der Waals surface area contributed by atoms with Crippen molar-refractivity contribution in [1.82, 2.24) is 9.80 Å². The summed E-state index contributed by atoms with van der Waals surface area (Å²) in [4.78, 5) is 34.8. The van der Waals surface area contributed by atoms with Crippen molar-refractivity contribution < 1.29 is 38.8 Å². The molecule has 2 N–H and O–H groups in total. The number of carboxylic acids is 2. The molecular formula is C23H28N2O8. The van der Waals surface area contributed by atoms with Crippen LogP contribution in [0.15, 0.2) is 48.5 Å². The Bertz CT molecular complexity index is 912. The molecule has 0 bridgehead atoms. The fraction of sp³-hybridized carbons (Fsp3) is 0.348. The Morgan fingerprint density at radius 3 is 1.94 bits per heavy atom. The predicted octanol–water partition coefficient (Wildman–Crippen LogP) is 1.58. The van der Waals surface area contributed by atoms with Crippen LogP contribution < -0.4 is 14.2 Å². The smallest absolute Gasteiger partial charge is 0.414 e. The maximum Gasteiger partial charge on any atom is 0.414 e. The molecule has 0 aliphatic carbocycles. The summed E-state index contributed by atoms with van der Waals surface area (Å²) in [5.74, 6) is -1.32. The zero-order valence-electron chi connectivity index (χ0n) is 18.6. The molecule has 10 heteroatoms. The van der Waals surface area contributed by atoms with Crippen LogP contribution in [-0.2, 0) is 20.9 Å². The Labute approximate surface area is 191 Å². The SMILES string of the molecule is COc1ccc(OCC(=O)N2CCN(Cc3cccc(OC)c3)CC2)cc1.O=C(O)C(=O)O. The number of ether oxygens (including phenoxy) is 3. The lowest BCUT2D eigenvalue weighted by Crippen LogP contribution is -2.49. The van der Waals surface area contributed by atoms with Crippen LogP contribution in [0.25, 0.3) is 0 Å². The molecule has 0 atom stereocenters. The first-order valence-corrected chi connectivity index (χ1v) is 10.2. The number of methoxy groups -OCH3 is 2. The highest BCUT2D eigenvalue weighted by atomic mass is 16.5. The van der Waals surface area contributed by atoms with E-state index in [1.165, 1.54) is 5.56 Å². The summed E-state index contributed by atoms with van der Waals surface area (Å²) in [5.41, 5.74) is 1.22. The van der Waals surface area contributed by atoms with Crippen molar-refractivity contribution in [1.29, 1.82) is 0 Å². The van der Waals surface area contributed by atoms with E-state index in [9.17, 15) is 4.79 Å². The van der Waals surface area contributed by atoms with Crippen molar-refractivity contribution in [3.63, 3.8) is 0 Å². The van der Waals surface area contributed by atoms with Gasteiger partial charge in [-0.2, -0.15) is 0 Å². The molecule has 1 aliphatic rings. The Kier molecular flexibility index (Phi) is 9.97. The molecule has 2 aromatic carbocycles. The highest BCUT2D eigenvalue weighted by Crippen LogP contribution is 2.18. The average Bonchev–Trinajstić information content (AvgIpc) is 2.83. The second-order valence-corrected chi connectivity index (χ2v) is 7.08. The summed E-state index contributed by atoms with van der Waals surface area (Å²) in [6.07, 6.45) is 0. The molecule has 0 aromatic heterocycles. The van der Waals surface area contributed by atoms with Crippen LogP contribution >= 0.6 is 0 Å². The number of carbonyl (C=O) groups excluding carboxylic acids is 1. The van der Waals surface area contributed by atoms with E-state index >= 15 is 0 Å². The first-order chi connectivity index (χ1) is 15.8. The molecule has 33 heavy (non-hydrogen) atoms. The highest BCUT2D eigenvalue weighted by molar-refractivity contribution is 6.27. The van der Waals surface area contributed by atoms with Crippen molar-refractivity contribution >= 4 is 17.8 Å². The number of carboxylic acid groups (broad SMARTS) is 2. The number of rotatable bonds is 7. The summed E-state index contributed by atoms with van der Waals surface area (Å²) in [6, 6.07) is 15.3. The number of amides is 1. The molecule has 3 rings (SSSR count). The van der Waals surface area contributed by atoms with E-state index in [4.69, 9.17) is 34.0 Å². The third-order valence-electron chi connectivity index (χ3n) is 4.87. The van der Waals surface area contributed by atoms with Crippen molar-refractivity contribution in [2.75, 3.05) is 47.0 Å². The second kappa shape index (κ2) is 12.9. The van der Waals surface area contributed by atoms with Gasteiger partial charge in [0.1, 0.15) is 17.2 Å². The minimum absolute atomic E-state index is 0.0202. The fourth-order valence-electron chi connectivity index (χ4n) is 3.09. The predicted molar refractivity (Wildman–Crippen MR) is 119 cm³/mol. The lowest BCUT2D eigenvalue weighted by molar-refractivity contribution is -0.159. The fourth-order valence-corrected chi connectivity index (χ4v) is 3.09. The number of aliphatic carboxylic acids is 2. The first kappa shape index (κ1) is 25.5. The van der Waals surface area contributed by atoms with Crippen LogP contribution in [0, 0.1) is 0 Å². The molecule has 0 radical (unpaired) electrons. The molecule has 1 fully saturated rings. The second-order valence-electron chi connectivity index (χ2n) is 7.08. The Balaban J connectivity index is 0.000000569. The molecule has 1 saturated heterocycles. The molecule has 10 nitrogen and oxygen atoms in total. The lowest BCUT2D eigenvalue weighted by Gasteiger charge is -2.34. The minimum Gasteiger partial charge on any atom is -0.497 e. The molecule has 1 amide bonds. The number of piperazine rings is 1. The van der Waals surface area contributed by atoms with Gasteiger partial charge in [0.2, 0.25) is 0 Å². The van der Waals surface area contributed by atoms with E-state index < -0.39 is 11.9 Å². The molecule has 0 spiro atoms. The summed E-state index contributed by atoms with van der Waals surface area (Å²) < 4.78 is 16.0. The van der Waals surface area contributed by atoms with E-state index in [0.717, 1.165) is 44.2 Å². The summed E-state index contributed by atoms with van der Waals surface area (Å²) in [6.45, 7) is 4.06. The highest BCUT2D eigenvalue weighted by Gasteiger charge is 2.21. The van der Waals surface area contributed by atoms with Gasteiger partial charge in [0.15, 0.2) is 6.61 Å². The van der Waals surface area contributed by atoms with Gasteiger partial charge in [-0.1, -0.05) is 12.1 Å². The van der Waals surface area contributed by atoms with Crippen LogP contribution in [0.4, 0.5) is 0 Å². The van der Waals surface area contributed by atoms with Crippen LogP contribution in [0.1, 0.15) is 5.56 Å². The maximum atomic E-state index is 12.4. The number of benzene rings is 2. The summed E-state index contributed by atoms with van der Waals surface area (Å²) in [5, 5.41) is 14.8. The largest absolute Gasteiger partial charge is 0.497 e. The van der Waals surface area contributed by atoms with E-state index in [0.29, 0.717) is 5.75 Å². The Morgan fingerprint density at radius 1 is 0.818 bits per heavy atom. The zero-order chi connectivity index (χ0) is 24.2. The van der Waals surface area contributed by atoms with Gasteiger partial charge in [-0.15, -0.1) is 0 Å². The minimum atomic E-state index is -1.82. The van der Waals surface area contributed by atoms with Crippen LogP contribution in [-0.4, -0.2) is 84.9 Å². The summed E-state index contributed by atoms with van der Waals surface area (Å²) >= 11 is 0. The number of nitrogens with zero attached hydrogens (tertiary/aromatic N) is 2. The molecule has 2 aromatic rings. The Morgan fingerprint density at radius 2 is 1.39 bits per heavy atom. The number of hydrogen-bond acceptors (Lipinski definition) is 7. The molecule has 1 aliphatic heterocycles. The van der Waals surface area contributed by atoms with Gasteiger partial charge in [0, 0.05) is 32.7 Å². The lowest BCUT2D eigenvalue weighted by atomic mass is 10.2. The molecule has 0 saturated carbocycles. The molecular weight excluding hydrogens is 432 g/mol. The monoisotopic (exact) mass is 460 g/mol. The number of carbonyl (C=O) groups is 3. The van der Waals surface area contributed by atoms with E-state index in [2.05, 4.69) is 17.0 Å². The van der Waals surface area contributed by atoms with Gasteiger partial charge >= 0.3 is 11.9 Å². The van der Waals surface area contributed by atoms with Gasteiger partial charge in [-0.05, 0) is 42.0 Å². The maximum absolute atomic E-state index is 12.4. The molecule has 178 valence electrons. The quantitative estimate of drug-likeness (QED) is 0.592. The van der Waals surface area contributed by atoms with E-state index in [-0.39, 0.29) is 12.5 Å². The van der Waals surface area contributed by atoms with Crippen molar-refractivity contribution in [2.45, 2.75) is 6.54 Å². The van der Waals surface area contributed by atoms with E-state index in [1.807, 2.05) is 29.2 Å². The van der Waals surface area contributed by atoms with Gasteiger partial charge in [-0.25, -0.2) is 9.59 Å². The topological polar surface area (TPSA) is 126 Å². The van der Waals surface area contributed by atoms with Crippen molar-refractivity contribution in [2.24, 2.45) is 0 Å². The Hall–Kier alpha value is -3.79. The van der Waals surface area contributed by atoms with Crippen LogP contribution in [0.3, 0.4) is 0 Å². The van der Waals surface area contributed by atoms with Gasteiger partial charge < -0.3 is 29.3 Å². The zero-order valence-corrected chi connectivity index (χ0v) is 18.6. The van der Waals surface area contributed by atoms with E-state index in [1.54, 1.807) is 26.4 Å². The third kappa shape index (κ3) is 8.69. The van der Waals surface area contributed by atoms with Gasteiger partial charge in [-0.3, -0.25) is 9.69 Å². The van der Waals surface area contributed by atoms with Gasteiger partial charge in [0.25, 0.3) is 5.91 Å². The number of hydrogen-bond donors (Lipinski definition) is 2. The molecule has 0 unspecified atom stereocenters. The normalized spacial score (nSPS) is 13.3. The van der Waals surface area contributed by atoms with Crippen LogP contribution in [0.5, 0.6) is 17.2 Å². The first-order valence-electron chi connectivity index (χ1n) is 10.2.